The molecule has 9 heteroatoms. The van der Waals surface area contributed by atoms with Crippen LogP contribution in [0.4, 0.5) is 5.69 Å². The van der Waals surface area contributed by atoms with Crippen LogP contribution in [0.5, 0.6) is 5.75 Å². The first-order valence-electron chi connectivity index (χ1n) is 11.7. The molecule has 33 heavy (non-hydrogen) atoms. The van der Waals surface area contributed by atoms with Gasteiger partial charge in [0.25, 0.3) is 0 Å². The highest BCUT2D eigenvalue weighted by Gasteiger charge is 2.77. The number of likely N-dealkylation sites (tertiary alicyclic amines) is 1. The van der Waals surface area contributed by atoms with Crippen molar-refractivity contribution in [1.29, 1.82) is 0 Å². The first kappa shape index (κ1) is 23.5. The summed E-state index contributed by atoms with van der Waals surface area (Å²) in [5.41, 5.74) is -1.28. The summed E-state index contributed by atoms with van der Waals surface area (Å²) in [6.45, 7) is 4.48. The molecule has 3 aliphatic rings. The van der Waals surface area contributed by atoms with E-state index in [9.17, 15) is 19.5 Å². The van der Waals surface area contributed by atoms with Crippen LogP contribution in [0, 0.1) is 11.8 Å². The molecule has 0 saturated carbocycles. The van der Waals surface area contributed by atoms with Gasteiger partial charge in [-0.15, -0.1) is 0 Å². The van der Waals surface area contributed by atoms with Gasteiger partial charge in [-0.2, -0.15) is 0 Å². The largest absolute Gasteiger partial charge is 0.497 e. The molecule has 2 bridgehead atoms. The number of nitrogens with one attached hydrogen (secondary N) is 2. The molecule has 9 nitrogen and oxygen atoms in total. The van der Waals surface area contributed by atoms with Crippen molar-refractivity contribution in [3.8, 4) is 5.75 Å². The number of carbonyl (C=O) groups is 3. The lowest BCUT2D eigenvalue weighted by molar-refractivity contribution is -0.144. The summed E-state index contributed by atoms with van der Waals surface area (Å²) in [6, 6.07) is 6.07. The second-order valence-corrected chi connectivity index (χ2v) is 9.35. The number of aliphatic hydroxyl groups is 1. The topological polar surface area (TPSA) is 117 Å². The lowest BCUT2D eigenvalue weighted by Gasteiger charge is -2.33. The average molecular weight is 460 g/mol. The second kappa shape index (κ2) is 8.95. The summed E-state index contributed by atoms with van der Waals surface area (Å²) >= 11 is 0. The van der Waals surface area contributed by atoms with E-state index in [-0.39, 0.29) is 30.9 Å². The number of rotatable bonds is 9. The monoisotopic (exact) mass is 459 g/mol. The SMILES string of the molecule is CCCNC(=O)[C@H]1[C@H]2C(=O)N(CCCO)C(C(=O)Nc3ccc(OC)cc3)C23CC[C@]1(C)O3. The summed E-state index contributed by atoms with van der Waals surface area (Å²) in [5.74, 6) is -1.51. The van der Waals surface area contributed by atoms with Crippen molar-refractivity contribution in [3.63, 3.8) is 0 Å². The van der Waals surface area contributed by atoms with Gasteiger partial charge in [0.05, 0.1) is 24.5 Å². The van der Waals surface area contributed by atoms with Crippen molar-refractivity contribution in [2.75, 3.05) is 32.1 Å². The molecule has 2 unspecified atom stereocenters. The third-order valence-electron chi connectivity index (χ3n) is 7.27. The van der Waals surface area contributed by atoms with Crippen LogP contribution in [0.2, 0.25) is 0 Å². The molecule has 3 amide bonds. The number of amides is 3. The van der Waals surface area contributed by atoms with Gasteiger partial charge >= 0.3 is 0 Å². The van der Waals surface area contributed by atoms with Crippen molar-refractivity contribution in [1.82, 2.24) is 10.2 Å². The van der Waals surface area contributed by atoms with Gasteiger partial charge in [0.2, 0.25) is 17.7 Å². The number of benzene rings is 1. The number of carbonyl (C=O) groups excluding carboxylic acids is 3. The molecule has 180 valence electrons. The predicted molar refractivity (Wildman–Crippen MR) is 121 cm³/mol. The maximum atomic E-state index is 13.6. The minimum Gasteiger partial charge on any atom is -0.497 e. The fourth-order valence-electron chi connectivity index (χ4n) is 5.85. The van der Waals surface area contributed by atoms with E-state index in [4.69, 9.17) is 9.47 Å². The van der Waals surface area contributed by atoms with E-state index in [1.165, 1.54) is 4.90 Å². The van der Waals surface area contributed by atoms with Crippen LogP contribution in [-0.4, -0.2) is 71.8 Å². The number of methoxy groups -OCH3 is 1. The zero-order valence-electron chi connectivity index (χ0n) is 19.4. The Labute approximate surface area is 193 Å². The summed E-state index contributed by atoms with van der Waals surface area (Å²) in [7, 11) is 1.57. The van der Waals surface area contributed by atoms with Crippen LogP contribution in [0.1, 0.15) is 39.5 Å². The first-order chi connectivity index (χ1) is 15.8. The van der Waals surface area contributed by atoms with E-state index in [0.29, 0.717) is 37.2 Å². The first-order valence-corrected chi connectivity index (χ1v) is 11.7. The third-order valence-corrected chi connectivity index (χ3v) is 7.27. The molecule has 1 aromatic carbocycles. The Morgan fingerprint density at radius 2 is 1.97 bits per heavy atom. The molecule has 5 atom stereocenters. The van der Waals surface area contributed by atoms with Crippen molar-refractivity contribution >= 4 is 23.4 Å². The van der Waals surface area contributed by atoms with E-state index in [2.05, 4.69) is 10.6 Å². The van der Waals surface area contributed by atoms with E-state index in [1.807, 2.05) is 13.8 Å². The molecule has 0 aliphatic carbocycles. The lowest BCUT2D eigenvalue weighted by Crippen LogP contribution is -2.53. The van der Waals surface area contributed by atoms with Crippen LogP contribution in [0.15, 0.2) is 24.3 Å². The van der Waals surface area contributed by atoms with Gasteiger partial charge in [-0.25, -0.2) is 0 Å². The molecule has 1 aromatic rings. The molecule has 3 saturated heterocycles. The Balaban J connectivity index is 1.67. The van der Waals surface area contributed by atoms with E-state index < -0.39 is 29.1 Å². The van der Waals surface area contributed by atoms with Gasteiger partial charge in [-0.3, -0.25) is 14.4 Å². The molecule has 3 heterocycles. The molecular formula is C24H33N3O6. The van der Waals surface area contributed by atoms with E-state index >= 15 is 0 Å². The number of hydrogen-bond acceptors (Lipinski definition) is 6. The van der Waals surface area contributed by atoms with Crippen LogP contribution in [0.3, 0.4) is 0 Å². The number of hydrogen-bond donors (Lipinski definition) is 3. The number of anilines is 1. The lowest BCUT2D eigenvalue weighted by atomic mass is 9.66. The zero-order chi connectivity index (χ0) is 23.8. The molecular weight excluding hydrogens is 426 g/mol. The zero-order valence-corrected chi connectivity index (χ0v) is 19.4. The Bertz CT molecular complexity index is 921. The summed E-state index contributed by atoms with van der Waals surface area (Å²) in [4.78, 5) is 41.9. The van der Waals surface area contributed by atoms with Crippen LogP contribution < -0.4 is 15.4 Å². The second-order valence-electron chi connectivity index (χ2n) is 9.35. The van der Waals surface area contributed by atoms with E-state index in [0.717, 1.165) is 6.42 Å². The van der Waals surface area contributed by atoms with Crippen molar-refractivity contribution in [2.45, 2.75) is 56.8 Å². The van der Waals surface area contributed by atoms with Crippen LogP contribution in [-0.2, 0) is 19.1 Å². The Morgan fingerprint density at radius 3 is 2.61 bits per heavy atom. The highest BCUT2D eigenvalue weighted by Crippen LogP contribution is 2.63. The van der Waals surface area contributed by atoms with Crippen molar-refractivity contribution in [2.24, 2.45) is 11.8 Å². The predicted octanol–water partition coefficient (Wildman–Crippen LogP) is 1.31. The van der Waals surface area contributed by atoms with Gasteiger partial charge in [0, 0.05) is 25.4 Å². The molecule has 3 fully saturated rings. The Hall–Kier alpha value is -2.65. The minimum absolute atomic E-state index is 0.104. The molecule has 0 radical (unpaired) electrons. The van der Waals surface area contributed by atoms with Gasteiger partial charge in [-0.1, -0.05) is 6.92 Å². The van der Waals surface area contributed by atoms with Crippen LogP contribution in [0.25, 0.3) is 0 Å². The normalized spacial score (nSPS) is 32.1. The summed E-state index contributed by atoms with van der Waals surface area (Å²) < 4.78 is 11.7. The highest BCUT2D eigenvalue weighted by molar-refractivity contribution is 6.03. The molecule has 4 rings (SSSR count). The van der Waals surface area contributed by atoms with Gasteiger partial charge in [-0.05, 0) is 56.9 Å². The summed E-state index contributed by atoms with van der Waals surface area (Å²) in [6.07, 6.45) is 2.25. The average Bonchev–Trinajstić information content (AvgIpc) is 3.37. The molecule has 1 spiro atoms. The fourth-order valence-corrected chi connectivity index (χ4v) is 5.85. The highest BCUT2D eigenvalue weighted by atomic mass is 16.5. The standard InChI is InChI=1S/C24H33N3O6/c1-4-12-25-20(29)17-18-22(31)27(13-5-14-28)19(24(18)11-10-23(17,2)33-24)21(30)26-15-6-8-16(32-3)9-7-15/h6-9,17-19,28H,4-5,10-14H2,1-3H3,(H,25,29)(H,26,30)/t17-,18+,19?,23+,24?/m1/s1. The number of ether oxygens (including phenoxy) is 2. The fraction of sp³-hybridized carbons (Fsp3) is 0.625. The van der Waals surface area contributed by atoms with Crippen molar-refractivity contribution in [3.05, 3.63) is 24.3 Å². The smallest absolute Gasteiger partial charge is 0.250 e. The quantitative estimate of drug-likeness (QED) is 0.513. The maximum absolute atomic E-state index is 13.6. The minimum atomic E-state index is -1.06. The van der Waals surface area contributed by atoms with E-state index in [1.54, 1.807) is 31.4 Å². The number of fused-ring (bicyclic) bond motifs is 1. The van der Waals surface area contributed by atoms with Crippen molar-refractivity contribution < 1.29 is 29.0 Å². The Morgan fingerprint density at radius 1 is 1.24 bits per heavy atom. The maximum Gasteiger partial charge on any atom is 0.250 e. The molecule has 3 aliphatic heterocycles. The molecule has 3 N–H and O–H groups in total. The number of aliphatic hydroxyl groups excluding tert-OH is 1. The number of nitrogens with zero attached hydrogens (tertiary/aromatic N) is 1. The van der Waals surface area contributed by atoms with Gasteiger partial charge in [0.15, 0.2) is 0 Å². The van der Waals surface area contributed by atoms with Gasteiger partial charge < -0.3 is 30.1 Å². The Kier molecular flexibility index (Phi) is 6.37. The van der Waals surface area contributed by atoms with Gasteiger partial charge in [0.1, 0.15) is 17.4 Å². The van der Waals surface area contributed by atoms with Crippen LogP contribution >= 0.6 is 0 Å². The summed E-state index contributed by atoms with van der Waals surface area (Å²) in [5, 5.41) is 15.2. The third kappa shape index (κ3) is 3.77. The molecule has 0 aromatic heterocycles.